The van der Waals surface area contributed by atoms with Crippen molar-refractivity contribution in [1.82, 2.24) is 4.98 Å². The molecule has 128 valence electrons. The van der Waals surface area contributed by atoms with Crippen LogP contribution in [0, 0.1) is 5.82 Å². The van der Waals surface area contributed by atoms with Crippen LogP contribution in [0.1, 0.15) is 11.1 Å². The van der Waals surface area contributed by atoms with Gasteiger partial charge in [-0.3, -0.25) is 4.98 Å². The van der Waals surface area contributed by atoms with Gasteiger partial charge in [-0.25, -0.2) is 17.9 Å². The van der Waals surface area contributed by atoms with Gasteiger partial charge in [0.05, 0.1) is 10.4 Å². The summed E-state index contributed by atoms with van der Waals surface area (Å²) in [7, 11) is -3.70. The summed E-state index contributed by atoms with van der Waals surface area (Å²) < 4.78 is 37.0. The van der Waals surface area contributed by atoms with E-state index in [4.69, 9.17) is 5.14 Å². The minimum absolute atomic E-state index is 0.127. The number of hydrogen-bond acceptors (Lipinski definition) is 4. The van der Waals surface area contributed by atoms with E-state index in [2.05, 4.69) is 9.88 Å². The SMILES string of the molecule is NS(=O)(=O)c1ccc2c(c1)CCN2Cc1ccc(F)c2cccnc12. The molecule has 0 unspecified atom stereocenters. The zero-order chi connectivity index (χ0) is 17.6. The maximum Gasteiger partial charge on any atom is 0.238 e. The summed E-state index contributed by atoms with van der Waals surface area (Å²) in [5.74, 6) is -0.286. The Morgan fingerprint density at radius 3 is 2.84 bits per heavy atom. The van der Waals surface area contributed by atoms with Crippen molar-refractivity contribution in [2.24, 2.45) is 5.14 Å². The Morgan fingerprint density at radius 2 is 2.04 bits per heavy atom. The number of rotatable bonds is 3. The van der Waals surface area contributed by atoms with Crippen LogP contribution in [0.2, 0.25) is 0 Å². The van der Waals surface area contributed by atoms with Gasteiger partial charge >= 0.3 is 0 Å². The maximum atomic E-state index is 14.0. The minimum atomic E-state index is -3.70. The number of pyridine rings is 1. The second-order valence-electron chi connectivity index (χ2n) is 6.11. The fraction of sp³-hybridized carbons (Fsp3) is 0.167. The Kier molecular flexibility index (Phi) is 3.70. The molecule has 4 rings (SSSR count). The average Bonchev–Trinajstić information content (AvgIpc) is 2.99. The summed E-state index contributed by atoms with van der Waals surface area (Å²) in [4.78, 5) is 6.59. The van der Waals surface area contributed by atoms with E-state index in [0.29, 0.717) is 17.4 Å². The molecule has 25 heavy (non-hydrogen) atoms. The van der Waals surface area contributed by atoms with Gasteiger partial charge in [0, 0.05) is 30.4 Å². The first kappa shape index (κ1) is 16.0. The summed E-state index contributed by atoms with van der Waals surface area (Å²) in [6.45, 7) is 1.34. The van der Waals surface area contributed by atoms with Gasteiger partial charge in [0.25, 0.3) is 0 Å². The van der Waals surface area contributed by atoms with Gasteiger partial charge in [-0.05, 0) is 53.9 Å². The number of nitrogens with zero attached hydrogens (tertiary/aromatic N) is 2. The van der Waals surface area contributed by atoms with Crippen LogP contribution in [-0.4, -0.2) is 19.9 Å². The number of primary sulfonamides is 1. The number of aromatic nitrogens is 1. The van der Waals surface area contributed by atoms with Gasteiger partial charge < -0.3 is 4.90 Å². The fourth-order valence-corrected chi connectivity index (χ4v) is 3.88. The number of sulfonamides is 1. The molecule has 0 aliphatic carbocycles. The van der Waals surface area contributed by atoms with Gasteiger partial charge in [-0.1, -0.05) is 6.07 Å². The summed E-state index contributed by atoms with van der Waals surface area (Å²) in [5, 5.41) is 5.70. The normalized spacial score (nSPS) is 14.1. The van der Waals surface area contributed by atoms with Gasteiger partial charge in [0.1, 0.15) is 5.82 Å². The summed E-state index contributed by atoms with van der Waals surface area (Å²) in [6.07, 6.45) is 2.40. The second-order valence-corrected chi connectivity index (χ2v) is 7.67. The Balaban J connectivity index is 1.70. The van der Waals surface area contributed by atoms with E-state index in [9.17, 15) is 12.8 Å². The average molecular weight is 357 g/mol. The van der Waals surface area contributed by atoms with Crippen LogP contribution in [0.15, 0.2) is 53.6 Å². The lowest BCUT2D eigenvalue weighted by molar-refractivity contribution is 0.597. The van der Waals surface area contributed by atoms with Gasteiger partial charge in [-0.2, -0.15) is 0 Å². The molecule has 0 atom stereocenters. The van der Waals surface area contributed by atoms with Gasteiger partial charge in [0.2, 0.25) is 10.0 Å². The number of anilines is 1. The molecule has 0 amide bonds. The molecule has 3 aromatic rings. The molecule has 5 nitrogen and oxygen atoms in total. The Bertz CT molecular complexity index is 1080. The molecular weight excluding hydrogens is 341 g/mol. The van der Waals surface area contributed by atoms with Crippen molar-refractivity contribution in [3.05, 3.63) is 65.6 Å². The van der Waals surface area contributed by atoms with Crippen molar-refractivity contribution in [2.45, 2.75) is 17.9 Å². The van der Waals surface area contributed by atoms with Crippen LogP contribution in [0.25, 0.3) is 10.9 Å². The van der Waals surface area contributed by atoms with E-state index in [0.717, 1.165) is 29.8 Å². The highest BCUT2D eigenvalue weighted by Crippen LogP contribution is 2.32. The van der Waals surface area contributed by atoms with Crippen LogP contribution >= 0.6 is 0 Å². The smallest absolute Gasteiger partial charge is 0.238 e. The van der Waals surface area contributed by atoms with E-state index < -0.39 is 10.0 Å². The van der Waals surface area contributed by atoms with E-state index in [-0.39, 0.29) is 10.7 Å². The lowest BCUT2D eigenvalue weighted by Gasteiger charge is -2.20. The van der Waals surface area contributed by atoms with Gasteiger partial charge in [0.15, 0.2) is 0 Å². The monoisotopic (exact) mass is 357 g/mol. The predicted molar refractivity (Wildman–Crippen MR) is 94.3 cm³/mol. The lowest BCUT2D eigenvalue weighted by atomic mass is 10.1. The third-order valence-electron chi connectivity index (χ3n) is 4.53. The zero-order valence-electron chi connectivity index (χ0n) is 13.3. The first-order chi connectivity index (χ1) is 11.9. The second kappa shape index (κ2) is 5.79. The fourth-order valence-electron chi connectivity index (χ4n) is 3.32. The van der Waals surface area contributed by atoms with Crippen LogP contribution < -0.4 is 10.0 Å². The summed E-state index contributed by atoms with van der Waals surface area (Å²) in [5.41, 5.74) is 3.50. The van der Waals surface area contributed by atoms with E-state index in [1.54, 1.807) is 36.5 Å². The Labute approximate surface area is 145 Å². The van der Waals surface area contributed by atoms with Crippen molar-refractivity contribution in [3.8, 4) is 0 Å². The quantitative estimate of drug-likeness (QED) is 0.782. The zero-order valence-corrected chi connectivity index (χ0v) is 14.1. The third-order valence-corrected chi connectivity index (χ3v) is 5.44. The lowest BCUT2D eigenvalue weighted by Crippen LogP contribution is -2.20. The molecule has 2 aromatic carbocycles. The first-order valence-electron chi connectivity index (χ1n) is 7.86. The molecule has 7 heteroatoms. The number of nitrogens with two attached hydrogens (primary N) is 1. The van der Waals surface area contributed by atoms with Crippen LogP contribution in [0.5, 0.6) is 0 Å². The number of hydrogen-bond donors (Lipinski definition) is 1. The van der Waals surface area contributed by atoms with Crippen molar-refractivity contribution in [1.29, 1.82) is 0 Å². The predicted octanol–water partition coefficient (Wildman–Crippen LogP) is 2.58. The molecule has 1 aromatic heterocycles. The topological polar surface area (TPSA) is 76.3 Å². The van der Waals surface area contributed by atoms with Gasteiger partial charge in [-0.15, -0.1) is 0 Å². The molecule has 2 N–H and O–H groups in total. The highest BCUT2D eigenvalue weighted by atomic mass is 32.2. The van der Waals surface area contributed by atoms with Crippen molar-refractivity contribution in [2.75, 3.05) is 11.4 Å². The minimum Gasteiger partial charge on any atom is -0.367 e. The summed E-state index contributed by atoms with van der Waals surface area (Å²) >= 11 is 0. The first-order valence-corrected chi connectivity index (χ1v) is 9.41. The Morgan fingerprint density at radius 1 is 1.20 bits per heavy atom. The van der Waals surface area contributed by atoms with Crippen molar-refractivity contribution >= 4 is 26.6 Å². The van der Waals surface area contributed by atoms with E-state index >= 15 is 0 Å². The van der Waals surface area contributed by atoms with E-state index in [1.807, 2.05) is 0 Å². The van der Waals surface area contributed by atoms with E-state index in [1.165, 1.54) is 12.1 Å². The number of benzene rings is 2. The molecule has 1 aliphatic rings. The number of halogens is 1. The molecule has 2 heterocycles. The maximum absolute atomic E-state index is 14.0. The molecule has 1 aliphatic heterocycles. The standard InChI is InChI=1S/C18H16FN3O2S/c19-16-5-3-13(18-15(16)2-1-8-21-18)11-22-9-7-12-10-14(25(20,23)24)4-6-17(12)22/h1-6,8,10H,7,9,11H2,(H2,20,23,24). The van der Waals surface area contributed by atoms with Crippen molar-refractivity contribution < 1.29 is 12.8 Å². The molecule has 0 spiro atoms. The molecule has 0 radical (unpaired) electrons. The molecule has 0 saturated carbocycles. The van der Waals surface area contributed by atoms with Crippen LogP contribution in [0.3, 0.4) is 0 Å². The molecule has 0 saturated heterocycles. The highest BCUT2D eigenvalue weighted by Gasteiger charge is 2.22. The molecular formula is C18H16FN3O2S. The molecule has 0 fully saturated rings. The van der Waals surface area contributed by atoms with Crippen LogP contribution in [0.4, 0.5) is 10.1 Å². The summed E-state index contributed by atoms with van der Waals surface area (Å²) in [6, 6.07) is 11.6. The third kappa shape index (κ3) is 2.85. The molecule has 0 bridgehead atoms. The highest BCUT2D eigenvalue weighted by molar-refractivity contribution is 7.89. The largest absolute Gasteiger partial charge is 0.367 e. The number of fused-ring (bicyclic) bond motifs is 2. The van der Waals surface area contributed by atoms with Crippen LogP contribution in [-0.2, 0) is 23.0 Å². The Hall–Kier alpha value is -2.51. The van der Waals surface area contributed by atoms with Crippen molar-refractivity contribution in [3.63, 3.8) is 0 Å².